The zero-order valence-electron chi connectivity index (χ0n) is 12.6. The van der Waals surface area contributed by atoms with E-state index in [1.54, 1.807) is 13.2 Å². The van der Waals surface area contributed by atoms with Crippen LogP contribution in [0.25, 0.3) is 0 Å². The van der Waals surface area contributed by atoms with E-state index >= 15 is 0 Å². The molecule has 0 radical (unpaired) electrons. The highest BCUT2D eigenvalue weighted by molar-refractivity contribution is 6.34. The number of amides is 2. The Morgan fingerprint density at radius 1 is 1.27 bits per heavy atom. The van der Waals surface area contributed by atoms with E-state index in [1.807, 2.05) is 12.1 Å². The highest BCUT2D eigenvalue weighted by atomic mass is 16.5. The summed E-state index contributed by atoms with van der Waals surface area (Å²) in [6.07, 6.45) is 1.97. The molecule has 0 saturated heterocycles. The number of ether oxygens (including phenoxy) is 2. The number of aliphatic hydroxyl groups is 1. The van der Waals surface area contributed by atoms with Crippen LogP contribution < -0.4 is 20.5 Å². The molecule has 1 aromatic rings. The van der Waals surface area contributed by atoms with Crippen LogP contribution in [0.3, 0.4) is 0 Å². The Labute approximate surface area is 129 Å². The summed E-state index contributed by atoms with van der Waals surface area (Å²) in [5.41, 5.74) is 5.78. The Morgan fingerprint density at radius 3 is 2.68 bits per heavy atom. The minimum Gasteiger partial charge on any atom is -0.493 e. The van der Waals surface area contributed by atoms with Gasteiger partial charge in [0.1, 0.15) is 0 Å². The van der Waals surface area contributed by atoms with Crippen LogP contribution in [0.1, 0.15) is 18.4 Å². The molecule has 0 bridgehead atoms. The van der Waals surface area contributed by atoms with Crippen molar-refractivity contribution in [3.63, 3.8) is 0 Å². The van der Waals surface area contributed by atoms with Crippen molar-refractivity contribution >= 4 is 11.8 Å². The van der Waals surface area contributed by atoms with Gasteiger partial charge in [0.15, 0.2) is 11.5 Å². The highest BCUT2D eigenvalue weighted by Gasteiger charge is 2.09. The largest absolute Gasteiger partial charge is 0.493 e. The predicted octanol–water partition coefficient (Wildman–Crippen LogP) is -0.00950. The number of rotatable bonds is 9. The van der Waals surface area contributed by atoms with Gasteiger partial charge in [-0.15, -0.1) is 0 Å². The van der Waals surface area contributed by atoms with E-state index in [0.29, 0.717) is 37.5 Å². The van der Waals surface area contributed by atoms with Crippen molar-refractivity contribution in [1.82, 2.24) is 5.32 Å². The van der Waals surface area contributed by atoms with Crippen molar-refractivity contribution in [1.29, 1.82) is 0 Å². The number of nitrogens with one attached hydrogen (secondary N) is 1. The van der Waals surface area contributed by atoms with Gasteiger partial charge in [-0.25, -0.2) is 0 Å². The molecule has 4 N–H and O–H groups in total. The highest BCUT2D eigenvalue weighted by Crippen LogP contribution is 2.28. The third-order valence-corrected chi connectivity index (χ3v) is 2.96. The molecule has 1 rings (SSSR count). The molecule has 1 aromatic carbocycles. The Hall–Kier alpha value is -2.28. The molecule has 0 fully saturated rings. The summed E-state index contributed by atoms with van der Waals surface area (Å²) in [7, 11) is 1.56. The summed E-state index contributed by atoms with van der Waals surface area (Å²) in [5, 5.41) is 11.2. The quantitative estimate of drug-likeness (QED) is 0.439. The topological polar surface area (TPSA) is 111 Å². The first-order valence-electron chi connectivity index (χ1n) is 7.06. The third-order valence-electron chi connectivity index (χ3n) is 2.96. The molecule has 0 saturated carbocycles. The molecule has 122 valence electrons. The lowest BCUT2D eigenvalue weighted by Gasteiger charge is -2.12. The van der Waals surface area contributed by atoms with Crippen LogP contribution in [0.4, 0.5) is 0 Å². The zero-order valence-corrected chi connectivity index (χ0v) is 12.6. The number of primary amides is 1. The first kappa shape index (κ1) is 17.8. The van der Waals surface area contributed by atoms with Gasteiger partial charge in [-0.3, -0.25) is 9.59 Å². The lowest BCUT2D eigenvalue weighted by molar-refractivity contribution is -0.137. The summed E-state index contributed by atoms with van der Waals surface area (Å²) in [6, 6.07) is 5.47. The van der Waals surface area contributed by atoms with Crippen molar-refractivity contribution in [3.8, 4) is 11.5 Å². The van der Waals surface area contributed by atoms with Gasteiger partial charge in [-0.1, -0.05) is 6.07 Å². The second-order valence-electron chi connectivity index (χ2n) is 4.63. The van der Waals surface area contributed by atoms with E-state index in [9.17, 15) is 9.59 Å². The number of carbonyl (C=O) groups excluding carboxylic acids is 2. The molecule has 7 nitrogen and oxygen atoms in total. The van der Waals surface area contributed by atoms with Crippen molar-refractivity contribution in [2.24, 2.45) is 5.73 Å². The minimum absolute atomic E-state index is 0.139. The molecule has 0 aliphatic carbocycles. The molecule has 0 unspecified atom stereocenters. The van der Waals surface area contributed by atoms with Crippen LogP contribution >= 0.6 is 0 Å². The number of aliphatic hydroxyl groups excluding tert-OH is 1. The number of unbranched alkanes of at least 4 members (excludes halogenated alkanes) is 1. The zero-order chi connectivity index (χ0) is 16.4. The fourth-order valence-electron chi connectivity index (χ4n) is 1.79. The first-order valence-corrected chi connectivity index (χ1v) is 7.06. The van der Waals surface area contributed by atoms with E-state index in [4.69, 9.17) is 20.3 Å². The van der Waals surface area contributed by atoms with Gasteiger partial charge in [0.2, 0.25) is 0 Å². The van der Waals surface area contributed by atoms with Crippen LogP contribution in [0.15, 0.2) is 18.2 Å². The lowest BCUT2D eigenvalue weighted by atomic mass is 10.1. The molecular formula is C15H22N2O5. The molecule has 0 heterocycles. The molecule has 0 aliphatic heterocycles. The summed E-state index contributed by atoms with van der Waals surface area (Å²) in [6.45, 7) is 0.928. The number of nitrogens with two attached hydrogens (primary N) is 1. The van der Waals surface area contributed by atoms with E-state index < -0.39 is 11.8 Å². The lowest BCUT2D eigenvalue weighted by Crippen LogP contribution is -2.37. The monoisotopic (exact) mass is 310 g/mol. The van der Waals surface area contributed by atoms with E-state index in [0.717, 1.165) is 12.0 Å². The van der Waals surface area contributed by atoms with Crippen LogP contribution in [0.2, 0.25) is 0 Å². The number of benzene rings is 1. The number of methoxy groups -OCH3 is 1. The molecule has 7 heteroatoms. The summed E-state index contributed by atoms with van der Waals surface area (Å²) in [5.74, 6) is -0.565. The summed E-state index contributed by atoms with van der Waals surface area (Å²) < 4.78 is 10.9. The first-order chi connectivity index (χ1) is 10.6. The SMILES string of the molecule is COc1ccc(CCNC(=O)C(N)=O)cc1OCCCCO. The summed E-state index contributed by atoms with van der Waals surface area (Å²) in [4.78, 5) is 21.7. The van der Waals surface area contributed by atoms with Gasteiger partial charge in [-0.2, -0.15) is 0 Å². The summed E-state index contributed by atoms with van der Waals surface area (Å²) >= 11 is 0. The average molecular weight is 310 g/mol. The maximum absolute atomic E-state index is 11.1. The van der Waals surface area contributed by atoms with Gasteiger partial charge in [0.05, 0.1) is 13.7 Å². The second kappa shape index (κ2) is 9.62. The Morgan fingerprint density at radius 2 is 2.05 bits per heavy atom. The second-order valence-corrected chi connectivity index (χ2v) is 4.63. The van der Waals surface area contributed by atoms with Gasteiger partial charge < -0.3 is 25.6 Å². The maximum atomic E-state index is 11.1. The standard InChI is InChI=1S/C15H22N2O5/c1-21-12-5-4-11(6-7-17-15(20)14(16)19)10-13(12)22-9-3-2-8-18/h4-5,10,18H,2-3,6-9H2,1H3,(H2,16,19)(H,17,20). The van der Waals surface area contributed by atoms with Crippen LogP contribution in [0.5, 0.6) is 11.5 Å². The van der Waals surface area contributed by atoms with Gasteiger partial charge >= 0.3 is 11.8 Å². The van der Waals surface area contributed by atoms with Crippen LogP contribution in [0, 0.1) is 0 Å². The average Bonchev–Trinajstić information content (AvgIpc) is 2.51. The van der Waals surface area contributed by atoms with Crippen molar-refractivity contribution in [2.45, 2.75) is 19.3 Å². The normalized spacial score (nSPS) is 10.1. The van der Waals surface area contributed by atoms with Crippen molar-refractivity contribution in [3.05, 3.63) is 23.8 Å². The van der Waals surface area contributed by atoms with Gasteiger partial charge in [0, 0.05) is 13.2 Å². The molecule has 0 aromatic heterocycles. The van der Waals surface area contributed by atoms with Crippen LogP contribution in [-0.2, 0) is 16.0 Å². The van der Waals surface area contributed by atoms with Gasteiger partial charge in [-0.05, 0) is 37.0 Å². The maximum Gasteiger partial charge on any atom is 0.309 e. The minimum atomic E-state index is -0.998. The molecular weight excluding hydrogens is 288 g/mol. The van der Waals surface area contributed by atoms with E-state index in [-0.39, 0.29) is 6.61 Å². The Bertz CT molecular complexity index is 505. The molecule has 0 atom stereocenters. The van der Waals surface area contributed by atoms with Crippen LogP contribution in [-0.4, -0.2) is 43.8 Å². The molecule has 22 heavy (non-hydrogen) atoms. The molecule has 0 spiro atoms. The fraction of sp³-hybridized carbons (Fsp3) is 0.467. The van der Waals surface area contributed by atoms with Crippen molar-refractivity contribution in [2.75, 3.05) is 26.9 Å². The fourth-order valence-corrected chi connectivity index (χ4v) is 1.79. The Balaban J connectivity index is 2.57. The van der Waals surface area contributed by atoms with E-state index in [1.165, 1.54) is 0 Å². The van der Waals surface area contributed by atoms with Crippen molar-refractivity contribution < 1.29 is 24.2 Å². The van der Waals surface area contributed by atoms with Gasteiger partial charge in [0.25, 0.3) is 0 Å². The number of carbonyl (C=O) groups is 2. The Kier molecular flexibility index (Phi) is 7.77. The smallest absolute Gasteiger partial charge is 0.309 e. The third kappa shape index (κ3) is 6.01. The molecule has 0 aliphatic rings. The number of hydrogen-bond donors (Lipinski definition) is 3. The van der Waals surface area contributed by atoms with E-state index in [2.05, 4.69) is 5.32 Å². The number of hydrogen-bond acceptors (Lipinski definition) is 5. The molecule has 2 amide bonds. The predicted molar refractivity (Wildman–Crippen MR) is 80.7 cm³/mol.